The van der Waals surface area contributed by atoms with Gasteiger partial charge in [-0.25, -0.2) is 0 Å². The van der Waals surface area contributed by atoms with Crippen LogP contribution in [0.4, 0.5) is 0 Å². The van der Waals surface area contributed by atoms with Crippen molar-refractivity contribution in [2.75, 3.05) is 12.9 Å². The predicted octanol–water partition coefficient (Wildman–Crippen LogP) is 3.89. The fraction of sp³-hybridized carbons (Fsp3) is 0.364. The minimum absolute atomic E-state index is 0.135. The van der Waals surface area contributed by atoms with Crippen LogP contribution in [0.1, 0.15) is 6.92 Å². The van der Waals surface area contributed by atoms with Gasteiger partial charge in [-0.2, -0.15) is 0 Å². The van der Waals surface area contributed by atoms with Gasteiger partial charge in [-0.05, 0) is 18.2 Å². The second kappa shape index (κ2) is 6.38. The zero-order valence-corrected chi connectivity index (χ0v) is 11.3. The van der Waals surface area contributed by atoms with Gasteiger partial charge in [0.05, 0.1) is 23.1 Å². The first kappa shape index (κ1) is 13.7. The third kappa shape index (κ3) is 3.89. The molecule has 0 amide bonds. The lowest BCUT2D eigenvalue weighted by Crippen LogP contribution is -2.14. The number of rotatable bonds is 4. The number of hydrogen-bond acceptors (Lipinski definition) is 3. The molecular formula is C11H12Cl2O2S. The summed E-state index contributed by atoms with van der Waals surface area (Å²) in [4.78, 5) is 12.2. The number of halogens is 2. The summed E-state index contributed by atoms with van der Waals surface area (Å²) < 4.78 is 4.64. The Bertz CT molecular complexity index is 382. The molecule has 1 aromatic rings. The molecule has 0 saturated heterocycles. The minimum Gasteiger partial charge on any atom is -0.469 e. The van der Waals surface area contributed by atoms with Crippen LogP contribution in [0.5, 0.6) is 0 Å². The molecule has 0 aliphatic rings. The molecule has 1 atom stereocenters. The van der Waals surface area contributed by atoms with E-state index in [1.54, 1.807) is 23.9 Å². The van der Waals surface area contributed by atoms with E-state index in [0.29, 0.717) is 15.8 Å². The van der Waals surface area contributed by atoms with Crippen molar-refractivity contribution in [2.24, 2.45) is 5.92 Å². The molecule has 1 rings (SSSR count). The normalized spacial score (nSPS) is 12.2. The van der Waals surface area contributed by atoms with E-state index >= 15 is 0 Å². The molecule has 0 fully saturated rings. The highest BCUT2D eigenvalue weighted by Gasteiger charge is 2.13. The van der Waals surface area contributed by atoms with E-state index in [1.807, 2.05) is 13.0 Å². The first-order chi connectivity index (χ1) is 7.54. The summed E-state index contributed by atoms with van der Waals surface area (Å²) in [5.41, 5.74) is 0. The summed E-state index contributed by atoms with van der Waals surface area (Å²) >= 11 is 13.2. The third-order valence-corrected chi connectivity index (χ3v) is 3.99. The zero-order valence-electron chi connectivity index (χ0n) is 9.00. The van der Waals surface area contributed by atoms with E-state index in [4.69, 9.17) is 23.2 Å². The molecule has 2 nitrogen and oxygen atoms in total. The second-order valence-electron chi connectivity index (χ2n) is 3.31. The number of methoxy groups -OCH3 is 1. The van der Waals surface area contributed by atoms with Crippen LogP contribution in [-0.4, -0.2) is 18.8 Å². The van der Waals surface area contributed by atoms with Crippen LogP contribution in [0.25, 0.3) is 0 Å². The van der Waals surface area contributed by atoms with Gasteiger partial charge < -0.3 is 4.74 Å². The quantitative estimate of drug-likeness (QED) is 0.617. The maximum atomic E-state index is 11.2. The number of esters is 1. The van der Waals surface area contributed by atoms with E-state index in [1.165, 1.54) is 7.11 Å². The summed E-state index contributed by atoms with van der Waals surface area (Å²) in [5, 5.41) is 1.06. The Kier molecular flexibility index (Phi) is 5.46. The first-order valence-electron chi connectivity index (χ1n) is 4.70. The van der Waals surface area contributed by atoms with Gasteiger partial charge in [0.25, 0.3) is 0 Å². The van der Waals surface area contributed by atoms with Gasteiger partial charge in [0.15, 0.2) is 0 Å². The number of ether oxygens (including phenoxy) is 1. The molecule has 0 aliphatic heterocycles. The topological polar surface area (TPSA) is 26.3 Å². The molecule has 0 aliphatic carbocycles. The van der Waals surface area contributed by atoms with E-state index in [-0.39, 0.29) is 11.9 Å². The molecule has 0 N–H and O–H groups in total. The Morgan fingerprint density at radius 1 is 1.44 bits per heavy atom. The van der Waals surface area contributed by atoms with Gasteiger partial charge in [0.1, 0.15) is 0 Å². The van der Waals surface area contributed by atoms with Crippen molar-refractivity contribution in [1.82, 2.24) is 0 Å². The van der Waals surface area contributed by atoms with Gasteiger partial charge in [0.2, 0.25) is 0 Å². The number of carbonyl (C=O) groups is 1. The minimum atomic E-state index is -0.201. The van der Waals surface area contributed by atoms with Gasteiger partial charge in [-0.1, -0.05) is 30.1 Å². The average molecular weight is 279 g/mol. The van der Waals surface area contributed by atoms with E-state index < -0.39 is 0 Å². The summed E-state index contributed by atoms with van der Waals surface area (Å²) in [6.45, 7) is 1.83. The fourth-order valence-corrected chi connectivity index (χ4v) is 2.36. The Morgan fingerprint density at radius 2 is 2.12 bits per heavy atom. The Hall–Kier alpha value is -0.380. The van der Waals surface area contributed by atoms with Crippen LogP contribution in [0, 0.1) is 5.92 Å². The third-order valence-electron chi connectivity index (χ3n) is 1.99. The molecule has 1 aromatic carbocycles. The summed E-state index contributed by atoms with van der Waals surface area (Å²) in [7, 11) is 1.39. The number of benzene rings is 1. The Morgan fingerprint density at radius 3 is 2.69 bits per heavy atom. The van der Waals surface area contributed by atoms with Crippen LogP contribution in [-0.2, 0) is 9.53 Å². The van der Waals surface area contributed by atoms with Crippen molar-refractivity contribution in [3.63, 3.8) is 0 Å². The molecule has 1 unspecified atom stereocenters. The van der Waals surface area contributed by atoms with E-state index in [2.05, 4.69) is 4.74 Å². The molecular weight excluding hydrogens is 267 g/mol. The summed E-state index contributed by atoms with van der Waals surface area (Å²) in [6, 6.07) is 5.41. The molecule has 0 saturated carbocycles. The monoisotopic (exact) mass is 278 g/mol. The van der Waals surface area contributed by atoms with Gasteiger partial charge in [-0.15, -0.1) is 11.8 Å². The SMILES string of the molecule is COC(=O)C(C)CSc1ccc(Cl)c(Cl)c1. The lowest BCUT2D eigenvalue weighted by atomic mass is 10.2. The predicted molar refractivity (Wildman–Crippen MR) is 68.4 cm³/mol. The standard InChI is InChI=1S/C11H12Cl2O2S/c1-7(11(14)15-2)6-16-8-3-4-9(12)10(13)5-8/h3-5,7H,6H2,1-2H3. The maximum Gasteiger partial charge on any atom is 0.309 e. The average Bonchev–Trinajstić information content (AvgIpc) is 2.29. The molecule has 0 aromatic heterocycles. The lowest BCUT2D eigenvalue weighted by Gasteiger charge is -2.08. The van der Waals surface area contributed by atoms with Gasteiger partial charge in [-0.3, -0.25) is 4.79 Å². The van der Waals surface area contributed by atoms with Crippen LogP contribution in [0.3, 0.4) is 0 Å². The summed E-state index contributed by atoms with van der Waals surface area (Å²) in [5.74, 6) is 0.321. The van der Waals surface area contributed by atoms with Crippen molar-refractivity contribution in [3.8, 4) is 0 Å². The van der Waals surface area contributed by atoms with E-state index in [9.17, 15) is 4.79 Å². The zero-order chi connectivity index (χ0) is 12.1. The molecule has 0 heterocycles. The highest BCUT2D eigenvalue weighted by Crippen LogP contribution is 2.28. The number of thioether (sulfide) groups is 1. The molecule has 5 heteroatoms. The molecule has 16 heavy (non-hydrogen) atoms. The highest BCUT2D eigenvalue weighted by atomic mass is 35.5. The highest BCUT2D eigenvalue weighted by molar-refractivity contribution is 7.99. The smallest absolute Gasteiger partial charge is 0.309 e. The molecule has 88 valence electrons. The first-order valence-corrected chi connectivity index (χ1v) is 6.44. The Balaban J connectivity index is 2.55. The molecule has 0 radical (unpaired) electrons. The fourth-order valence-electron chi connectivity index (χ4n) is 1.06. The molecule has 0 bridgehead atoms. The van der Waals surface area contributed by atoms with Crippen LogP contribution >= 0.6 is 35.0 Å². The Labute approximate surface area is 109 Å². The van der Waals surface area contributed by atoms with Gasteiger partial charge in [0, 0.05) is 10.6 Å². The lowest BCUT2D eigenvalue weighted by molar-refractivity contribution is -0.143. The van der Waals surface area contributed by atoms with E-state index in [0.717, 1.165) is 4.90 Å². The number of carbonyl (C=O) groups excluding carboxylic acids is 1. The van der Waals surface area contributed by atoms with Gasteiger partial charge >= 0.3 is 5.97 Å². The second-order valence-corrected chi connectivity index (χ2v) is 5.22. The van der Waals surface area contributed by atoms with Crippen molar-refractivity contribution in [3.05, 3.63) is 28.2 Å². The molecule has 0 spiro atoms. The summed E-state index contributed by atoms with van der Waals surface area (Å²) in [6.07, 6.45) is 0. The van der Waals surface area contributed by atoms with Crippen LogP contribution in [0.2, 0.25) is 10.0 Å². The van der Waals surface area contributed by atoms with Crippen molar-refractivity contribution in [2.45, 2.75) is 11.8 Å². The number of hydrogen-bond donors (Lipinski definition) is 0. The largest absolute Gasteiger partial charge is 0.469 e. The van der Waals surface area contributed by atoms with Crippen molar-refractivity contribution < 1.29 is 9.53 Å². The van der Waals surface area contributed by atoms with Crippen LogP contribution < -0.4 is 0 Å². The van der Waals surface area contributed by atoms with Crippen LogP contribution in [0.15, 0.2) is 23.1 Å². The van der Waals surface area contributed by atoms with Crippen molar-refractivity contribution in [1.29, 1.82) is 0 Å². The van der Waals surface area contributed by atoms with Crippen molar-refractivity contribution >= 4 is 40.9 Å². The maximum absolute atomic E-state index is 11.2.